The van der Waals surface area contributed by atoms with Crippen LogP contribution < -0.4 is 35.8 Å². The zero-order valence-corrected chi connectivity index (χ0v) is 46.7. The summed E-state index contributed by atoms with van der Waals surface area (Å²) in [7, 11) is 0.746. The summed E-state index contributed by atoms with van der Waals surface area (Å²) in [5.74, 6) is -0.665. The standard InChI is InChI=1S/C57H66ClN14O6P/c1-67-33-35(31-62-67)40-29-45(64-56-61-32-42(58)52(66-56)63-44-9-8-43-50(60-20-19-59-43)51(44)79(3,4)77)48(78-2)30-47(40)70-24-14-36(15-25-70)68-22-12-37(13-23-68)71-21-5-16-57(34-71)17-26-69(27-18-57)38-6-7-39-41(28-38)55(76)72(54(39)75)46-10-11-49(73)65-53(46)74/h6-9,19-20,28-33,36-37,46H,5,10-18,21-27,34H2,1-4H3,(H,65,73,74)(H2,61,63,64,66). The maximum atomic E-state index is 13.7. The lowest BCUT2D eigenvalue weighted by Crippen LogP contribution is -2.55. The maximum absolute atomic E-state index is 13.7. The molecule has 0 bridgehead atoms. The lowest BCUT2D eigenvalue weighted by Gasteiger charge is -2.51. The summed E-state index contributed by atoms with van der Waals surface area (Å²) in [5.41, 5.74) is 7.34. The summed E-state index contributed by atoms with van der Waals surface area (Å²) in [6, 6.07) is 13.4. The molecule has 3 aromatic heterocycles. The molecule has 22 heteroatoms. The first kappa shape index (κ1) is 52.7. The van der Waals surface area contributed by atoms with E-state index in [-0.39, 0.29) is 35.1 Å². The second-order valence-corrected chi connectivity index (χ2v) is 26.1. The second kappa shape index (κ2) is 21.2. The number of hydrogen-bond donors (Lipinski definition) is 3. The van der Waals surface area contributed by atoms with Crippen molar-refractivity contribution in [3.63, 3.8) is 0 Å². The number of hydrogen-bond acceptors (Lipinski definition) is 17. The van der Waals surface area contributed by atoms with Crippen molar-refractivity contribution >= 4 is 93.2 Å². The number of amides is 4. The summed E-state index contributed by atoms with van der Waals surface area (Å²) in [5, 5.41) is 14.4. The third-order valence-corrected chi connectivity index (χ3v) is 19.2. The predicted octanol–water partition coefficient (Wildman–Crippen LogP) is 7.43. The molecule has 3 N–H and O–H groups in total. The normalized spacial score (nSPS) is 20.8. The zero-order valence-electron chi connectivity index (χ0n) is 45.1. The monoisotopic (exact) mass is 1110 g/mol. The second-order valence-electron chi connectivity index (χ2n) is 22.6. The number of aromatic nitrogens is 6. The SMILES string of the molecule is COc1cc(N2CCC(N3CCC(N4CCCC5(CCN(c6ccc7c(c6)C(=O)N(C6CCC(=O)NC6=O)C7=O)CC5)C4)CC3)CC2)c(-c2cnn(C)c2)cc1Nc1ncc(Cl)c(Nc2ccc3nccnc3c2P(C)(C)=O)n1. The molecule has 6 aliphatic heterocycles. The van der Waals surface area contributed by atoms with Crippen LogP contribution in [0.5, 0.6) is 5.75 Å². The van der Waals surface area contributed by atoms with Crippen LogP contribution in [0.2, 0.25) is 5.02 Å². The van der Waals surface area contributed by atoms with Gasteiger partial charge in [0.15, 0.2) is 5.82 Å². The quantitative estimate of drug-likeness (QED) is 0.0802. The van der Waals surface area contributed by atoms with Crippen molar-refractivity contribution in [3.8, 4) is 16.9 Å². The molecule has 5 fully saturated rings. The number of fused-ring (bicyclic) bond motifs is 2. The van der Waals surface area contributed by atoms with Crippen molar-refractivity contribution in [2.75, 3.05) is 93.2 Å². The number of nitrogens with one attached hydrogen (secondary N) is 3. The number of piperidine rings is 5. The Morgan fingerprint density at radius 2 is 1.51 bits per heavy atom. The van der Waals surface area contributed by atoms with Crippen molar-refractivity contribution < 1.29 is 28.5 Å². The number of methoxy groups -OCH3 is 1. The Hall–Kier alpha value is -6.99. The van der Waals surface area contributed by atoms with Crippen LogP contribution in [0.3, 0.4) is 0 Å². The molecule has 412 valence electrons. The van der Waals surface area contributed by atoms with Crippen molar-refractivity contribution in [2.45, 2.75) is 82.3 Å². The van der Waals surface area contributed by atoms with Gasteiger partial charge < -0.3 is 34.6 Å². The van der Waals surface area contributed by atoms with E-state index in [2.05, 4.69) is 67.7 Å². The Morgan fingerprint density at radius 3 is 2.24 bits per heavy atom. The molecule has 9 heterocycles. The van der Waals surface area contributed by atoms with Gasteiger partial charge >= 0.3 is 0 Å². The van der Waals surface area contributed by atoms with Gasteiger partial charge in [0.05, 0.1) is 52.8 Å². The Bertz CT molecular complexity index is 3440. The summed E-state index contributed by atoms with van der Waals surface area (Å²) in [6.07, 6.45) is 17.9. The van der Waals surface area contributed by atoms with Crippen LogP contribution >= 0.6 is 18.7 Å². The van der Waals surface area contributed by atoms with E-state index in [1.54, 1.807) is 38.9 Å². The van der Waals surface area contributed by atoms with E-state index in [9.17, 15) is 23.7 Å². The molecule has 1 spiro atoms. The number of ether oxygens (including phenoxy) is 1. The number of benzene rings is 3. The van der Waals surface area contributed by atoms with Gasteiger partial charge in [-0.15, -0.1) is 0 Å². The number of rotatable bonds is 12. The highest BCUT2D eigenvalue weighted by atomic mass is 35.5. The first-order valence-corrected chi connectivity index (χ1v) is 30.5. The van der Waals surface area contributed by atoms with Gasteiger partial charge in [0, 0.05) is 105 Å². The molecule has 20 nitrogen and oxygen atoms in total. The third-order valence-electron chi connectivity index (χ3n) is 17.4. The van der Waals surface area contributed by atoms with Gasteiger partial charge in [-0.25, -0.2) is 4.98 Å². The molecule has 3 aromatic carbocycles. The average molecular weight is 1110 g/mol. The van der Waals surface area contributed by atoms with E-state index >= 15 is 0 Å². The lowest BCUT2D eigenvalue weighted by atomic mass is 9.72. The summed E-state index contributed by atoms with van der Waals surface area (Å²) in [6.45, 7) is 11.5. The number of anilines is 6. The molecule has 1 unspecified atom stereocenters. The van der Waals surface area contributed by atoms with E-state index in [0.717, 1.165) is 105 Å². The van der Waals surface area contributed by atoms with Gasteiger partial charge in [0.1, 0.15) is 29.5 Å². The minimum atomic E-state index is -2.84. The molecule has 0 saturated carbocycles. The summed E-state index contributed by atoms with van der Waals surface area (Å²) in [4.78, 5) is 81.0. The topological polar surface area (TPSA) is 216 Å². The van der Waals surface area contributed by atoms with Crippen LogP contribution in [-0.4, -0.2) is 159 Å². The van der Waals surface area contributed by atoms with Gasteiger partial charge in [-0.1, -0.05) is 11.6 Å². The Kier molecular flexibility index (Phi) is 14.2. The number of aryl methyl sites for hydroxylation is 1. The van der Waals surface area contributed by atoms with Gasteiger partial charge in [-0.2, -0.15) is 10.1 Å². The number of likely N-dealkylation sites (tertiary alicyclic amines) is 2. The largest absolute Gasteiger partial charge is 0.494 e. The predicted molar refractivity (Wildman–Crippen MR) is 305 cm³/mol. The van der Waals surface area contributed by atoms with Gasteiger partial charge in [-0.05, 0) is 133 Å². The van der Waals surface area contributed by atoms with Crippen LogP contribution in [0.15, 0.2) is 73.4 Å². The fraction of sp³-hybridized carbons (Fsp3) is 0.456. The molecule has 6 aromatic rings. The third kappa shape index (κ3) is 10.3. The van der Waals surface area contributed by atoms with Crippen LogP contribution in [0, 0.1) is 5.41 Å². The van der Waals surface area contributed by atoms with E-state index < -0.39 is 30.9 Å². The Labute approximate surface area is 464 Å². The van der Waals surface area contributed by atoms with Crippen LogP contribution in [0.1, 0.15) is 84.9 Å². The molecule has 12 rings (SSSR count). The molecule has 5 saturated heterocycles. The van der Waals surface area contributed by atoms with Crippen molar-refractivity contribution in [1.82, 2.24) is 49.7 Å². The highest BCUT2D eigenvalue weighted by Gasteiger charge is 2.46. The van der Waals surface area contributed by atoms with Crippen LogP contribution in [-0.2, 0) is 21.2 Å². The van der Waals surface area contributed by atoms with E-state index in [4.69, 9.17) is 21.3 Å². The van der Waals surface area contributed by atoms with E-state index in [1.165, 1.54) is 31.9 Å². The maximum Gasteiger partial charge on any atom is 0.262 e. The smallest absolute Gasteiger partial charge is 0.262 e. The Morgan fingerprint density at radius 1 is 0.759 bits per heavy atom. The highest BCUT2D eigenvalue weighted by Crippen LogP contribution is 2.46. The van der Waals surface area contributed by atoms with Gasteiger partial charge in [-0.3, -0.25) is 48.9 Å². The number of carbonyl (C=O) groups excluding carboxylic acids is 4. The molecule has 1 atom stereocenters. The molecule has 0 radical (unpaired) electrons. The van der Waals surface area contributed by atoms with Crippen molar-refractivity contribution in [1.29, 1.82) is 0 Å². The van der Waals surface area contributed by atoms with Crippen LogP contribution in [0.25, 0.3) is 22.2 Å². The fourth-order valence-electron chi connectivity index (χ4n) is 13.3. The van der Waals surface area contributed by atoms with Crippen molar-refractivity contribution in [3.05, 3.63) is 89.6 Å². The minimum absolute atomic E-state index is 0.0951. The average Bonchev–Trinajstić information content (AvgIpc) is 4.27. The first-order valence-electron chi connectivity index (χ1n) is 27.5. The number of carbonyl (C=O) groups is 4. The summed E-state index contributed by atoms with van der Waals surface area (Å²) < 4.78 is 21.5. The van der Waals surface area contributed by atoms with Crippen molar-refractivity contribution in [2.24, 2.45) is 12.5 Å². The highest BCUT2D eigenvalue weighted by molar-refractivity contribution is 7.71. The molecule has 0 aliphatic carbocycles. The molecular weight excluding hydrogens is 1040 g/mol. The number of imide groups is 2. The van der Waals surface area contributed by atoms with E-state index in [0.29, 0.717) is 62.5 Å². The number of nitrogens with zero attached hydrogens (tertiary/aromatic N) is 11. The van der Waals surface area contributed by atoms with Crippen LogP contribution in [0.4, 0.5) is 34.5 Å². The number of halogens is 1. The summed E-state index contributed by atoms with van der Waals surface area (Å²) >= 11 is 6.70. The van der Waals surface area contributed by atoms with Gasteiger partial charge in [0.2, 0.25) is 17.8 Å². The molecule has 4 amide bonds. The molecular formula is C57H66ClN14O6P. The molecule has 6 aliphatic rings. The Balaban J connectivity index is 0.668. The van der Waals surface area contributed by atoms with E-state index in [1.807, 2.05) is 48.4 Å². The first-order chi connectivity index (χ1) is 38.1. The molecule has 79 heavy (non-hydrogen) atoms. The zero-order chi connectivity index (χ0) is 54.7. The minimum Gasteiger partial charge on any atom is -0.494 e. The fourth-order valence-corrected chi connectivity index (χ4v) is 14.8. The van der Waals surface area contributed by atoms with Gasteiger partial charge in [0.25, 0.3) is 11.8 Å². The lowest BCUT2D eigenvalue weighted by molar-refractivity contribution is -0.136.